The van der Waals surface area contributed by atoms with Crippen molar-refractivity contribution in [2.75, 3.05) is 50.1 Å². The van der Waals surface area contributed by atoms with Crippen LogP contribution in [0.4, 0.5) is 19.6 Å². The highest BCUT2D eigenvalue weighted by Gasteiger charge is 2.20. The number of rotatable bonds is 6. The maximum Gasteiger partial charge on any atom is 0.261 e. The highest BCUT2D eigenvalue weighted by molar-refractivity contribution is 7.09. The van der Waals surface area contributed by atoms with Gasteiger partial charge in [-0.05, 0) is 18.2 Å². The van der Waals surface area contributed by atoms with E-state index in [1.165, 1.54) is 17.9 Å². The second kappa shape index (κ2) is 8.60. The third-order valence-electron chi connectivity index (χ3n) is 5.09. The quantitative estimate of drug-likeness (QED) is 0.586. The third-order valence-corrected chi connectivity index (χ3v) is 6.01. The highest BCUT2D eigenvalue weighted by Crippen LogP contribution is 2.21. The van der Waals surface area contributed by atoms with E-state index in [1.54, 1.807) is 6.07 Å². The van der Waals surface area contributed by atoms with Crippen LogP contribution in [0.2, 0.25) is 0 Å². The number of halogens is 2. The van der Waals surface area contributed by atoms with E-state index in [4.69, 9.17) is 0 Å². The van der Waals surface area contributed by atoms with Crippen molar-refractivity contribution in [1.82, 2.24) is 23.8 Å². The van der Waals surface area contributed by atoms with Gasteiger partial charge >= 0.3 is 0 Å². The van der Waals surface area contributed by atoms with Crippen molar-refractivity contribution in [3.63, 3.8) is 0 Å². The summed E-state index contributed by atoms with van der Waals surface area (Å²) in [6.45, 7) is 3.49. The van der Waals surface area contributed by atoms with Crippen LogP contribution in [0.25, 0.3) is 10.9 Å². The van der Waals surface area contributed by atoms with Crippen LogP contribution in [-0.4, -0.2) is 70.5 Å². The lowest BCUT2D eigenvalue weighted by Gasteiger charge is -2.35. The Labute approximate surface area is 176 Å². The number of piperazine rings is 1. The molecule has 0 N–H and O–H groups in total. The van der Waals surface area contributed by atoms with Gasteiger partial charge in [0.25, 0.3) is 12.0 Å². The number of nitrogens with zero attached hydrogens (tertiary/aromatic N) is 7. The van der Waals surface area contributed by atoms with Crippen molar-refractivity contribution in [2.45, 2.75) is 19.5 Å². The van der Waals surface area contributed by atoms with E-state index < -0.39 is 18.5 Å². The predicted molar refractivity (Wildman–Crippen MR) is 114 cm³/mol. The summed E-state index contributed by atoms with van der Waals surface area (Å²) in [7, 11) is 3.91. The van der Waals surface area contributed by atoms with Gasteiger partial charge in [0.2, 0.25) is 5.13 Å². The van der Waals surface area contributed by atoms with Crippen LogP contribution < -0.4 is 15.4 Å². The van der Waals surface area contributed by atoms with Crippen molar-refractivity contribution in [1.29, 1.82) is 0 Å². The summed E-state index contributed by atoms with van der Waals surface area (Å²) < 4.78 is 30.6. The van der Waals surface area contributed by atoms with E-state index in [-0.39, 0.29) is 0 Å². The van der Waals surface area contributed by atoms with Gasteiger partial charge in [0.15, 0.2) is 5.82 Å². The Balaban J connectivity index is 1.42. The van der Waals surface area contributed by atoms with Gasteiger partial charge in [0.05, 0.1) is 30.3 Å². The molecule has 0 radical (unpaired) electrons. The van der Waals surface area contributed by atoms with E-state index in [0.29, 0.717) is 10.9 Å². The van der Waals surface area contributed by atoms with Crippen molar-refractivity contribution in [3.8, 4) is 0 Å². The van der Waals surface area contributed by atoms with Crippen LogP contribution in [-0.2, 0) is 13.1 Å². The Morgan fingerprint density at radius 2 is 1.97 bits per heavy atom. The molecule has 3 aromatic rings. The van der Waals surface area contributed by atoms with Gasteiger partial charge in [-0.1, -0.05) is 0 Å². The van der Waals surface area contributed by atoms with Crippen LogP contribution in [0.3, 0.4) is 0 Å². The van der Waals surface area contributed by atoms with Gasteiger partial charge in [-0.3, -0.25) is 14.3 Å². The normalized spacial score (nSPS) is 15.3. The molecular formula is C19H23F2N7OS. The first-order chi connectivity index (χ1) is 14.4. The van der Waals surface area contributed by atoms with Crippen LogP contribution in [0.5, 0.6) is 0 Å². The lowest BCUT2D eigenvalue weighted by Crippen LogP contribution is -2.46. The number of alkyl halides is 2. The van der Waals surface area contributed by atoms with Crippen LogP contribution in [0.15, 0.2) is 29.3 Å². The Morgan fingerprint density at radius 3 is 2.63 bits per heavy atom. The van der Waals surface area contributed by atoms with Gasteiger partial charge < -0.3 is 9.80 Å². The Morgan fingerprint density at radius 1 is 1.20 bits per heavy atom. The van der Waals surface area contributed by atoms with Crippen LogP contribution >= 0.6 is 11.5 Å². The number of aromatic nitrogens is 4. The number of hydrogen-bond donors (Lipinski definition) is 0. The van der Waals surface area contributed by atoms with E-state index in [2.05, 4.69) is 24.1 Å². The van der Waals surface area contributed by atoms with E-state index in [9.17, 15) is 13.6 Å². The van der Waals surface area contributed by atoms with Gasteiger partial charge in [0.1, 0.15) is 0 Å². The first kappa shape index (κ1) is 20.6. The minimum atomic E-state index is -2.59. The Kier molecular flexibility index (Phi) is 5.91. The molecule has 1 aromatic carbocycles. The molecule has 11 heteroatoms. The average molecular weight is 436 g/mol. The second-order valence-corrected chi connectivity index (χ2v) is 8.18. The first-order valence-electron chi connectivity index (χ1n) is 9.65. The fourth-order valence-corrected chi connectivity index (χ4v) is 4.07. The summed E-state index contributed by atoms with van der Waals surface area (Å²) in [5.74, 6) is 0.840. The molecule has 0 unspecified atom stereocenters. The molecule has 2 aromatic heterocycles. The van der Waals surface area contributed by atoms with Crippen LogP contribution in [0, 0.1) is 0 Å². The predicted octanol–water partition coefficient (Wildman–Crippen LogP) is 1.90. The SMILES string of the molecule is CN(C)c1nc(CN2CCN(c3ccc4c(=O)n(CC(F)F)cnc4c3)CC2)ns1. The maximum atomic E-state index is 12.6. The molecule has 0 amide bonds. The molecular weight excluding hydrogens is 412 g/mol. The largest absolute Gasteiger partial charge is 0.369 e. The zero-order valence-corrected chi connectivity index (χ0v) is 17.6. The summed E-state index contributed by atoms with van der Waals surface area (Å²) in [6, 6.07) is 5.39. The fraction of sp³-hybridized carbons (Fsp3) is 0.474. The number of benzene rings is 1. The number of fused-ring (bicyclic) bond motifs is 1. The van der Waals surface area contributed by atoms with Crippen LogP contribution in [0.1, 0.15) is 5.82 Å². The van der Waals surface area contributed by atoms with Crippen molar-refractivity contribution in [2.24, 2.45) is 0 Å². The molecule has 1 fully saturated rings. The van der Waals surface area contributed by atoms with Gasteiger partial charge in [0, 0.05) is 57.5 Å². The number of anilines is 2. The molecule has 0 saturated carbocycles. The molecule has 4 rings (SSSR count). The first-order valence-corrected chi connectivity index (χ1v) is 10.4. The maximum absolute atomic E-state index is 12.6. The Hall–Kier alpha value is -2.66. The van der Waals surface area contributed by atoms with Gasteiger partial charge in [-0.25, -0.2) is 18.7 Å². The molecule has 0 atom stereocenters. The zero-order chi connectivity index (χ0) is 21.3. The third kappa shape index (κ3) is 4.41. The molecule has 1 aliphatic heterocycles. The molecule has 160 valence electrons. The summed E-state index contributed by atoms with van der Waals surface area (Å²) >= 11 is 1.40. The minimum absolute atomic E-state index is 0.354. The molecule has 0 aliphatic carbocycles. The molecule has 3 heterocycles. The van der Waals surface area contributed by atoms with E-state index in [1.807, 2.05) is 31.1 Å². The van der Waals surface area contributed by atoms with Crippen molar-refractivity contribution >= 4 is 33.3 Å². The van der Waals surface area contributed by atoms with E-state index >= 15 is 0 Å². The zero-order valence-electron chi connectivity index (χ0n) is 16.8. The summed E-state index contributed by atoms with van der Waals surface area (Å²) in [5.41, 5.74) is 1.06. The molecule has 1 saturated heterocycles. The molecule has 30 heavy (non-hydrogen) atoms. The standard InChI is InChI=1S/C19H23F2N7OS/c1-25(2)19-23-17(24-30-19)11-26-5-7-27(8-6-26)13-3-4-14-15(9-13)22-12-28(18(14)29)10-16(20)21/h3-4,9,12,16H,5-8,10-11H2,1-2H3. The average Bonchev–Trinajstić information content (AvgIpc) is 3.19. The Bertz CT molecular complexity index is 1080. The van der Waals surface area contributed by atoms with Gasteiger partial charge in [-0.15, -0.1) is 0 Å². The lowest BCUT2D eigenvalue weighted by molar-refractivity contribution is 0.125. The fourth-order valence-electron chi connectivity index (χ4n) is 3.48. The molecule has 0 bridgehead atoms. The minimum Gasteiger partial charge on any atom is -0.369 e. The monoisotopic (exact) mass is 435 g/mol. The second-order valence-electron chi connectivity index (χ2n) is 7.45. The topological polar surface area (TPSA) is 70.4 Å². The summed E-state index contributed by atoms with van der Waals surface area (Å²) in [6.07, 6.45) is -1.40. The summed E-state index contributed by atoms with van der Waals surface area (Å²) in [4.78, 5) is 27.6. The van der Waals surface area contributed by atoms with Crippen molar-refractivity contribution in [3.05, 3.63) is 40.7 Å². The molecule has 0 spiro atoms. The molecule has 1 aliphatic rings. The lowest BCUT2D eigenvalue weighted by atomic mass is 10.2. The molecule has 8 nitrogen and oxygen atoms in total. The van der Waals surface area contributed by atoms with Gasteiger partial charge in [-0.2, -0.15) is 4.37 Å². The van der Waals surface area contributed by atoms with Crippen molar-refractivity contribution < 1.29 is 8.78 Å². The summed E-state index contributed by atoms with van der Waals surface area (Å²) in [5, 5.41) is 1.26. The van der Waals surface area contributed by atoms with E-state index in [0.717, 1.165) is 53.9 Å². The number of hydrogen-bond acceptors (Lipinski definition) is 8. The highest BCUT2D eigenvalue weighted by atomic mass is 32.1. The smallest absolute Gasteiger partial charge is 0.261 e.